The van der Waals surface area contributed by atoms with Crippen LogP contribution in [-0.4, -0.2) is 51.0 Å². The summed E-state index contributed by atoms with van der Waals surface area (Å²) in [6.45, 7) is 7.02. The van der Waals surface area contributed by atoms with Gasteiger partial charge in [-0.15, -0.1) is 0 Å². The predicted octanol–water partition coefficient (Wildman–Crippen LogP) is 1.98. The topological polar surface area (TPSA) is 58.0 Å². The minimum absolute atomic E-state index is 0.535. The molecule has 0 unspecified atom stereocenters. The molecule has 6 heteroatoms. The van der Waals surface area contributed by atoms with Crippen LogP contribution in [0.15, 0.2) is 24.7 Å². The van der Waals surface area contributed by atoms with E-state index in [2.05, 4.69) is 42.8 Å². The highest BCUT2D eigenvalue weighted by Gasteiger charge is 2.23. The third-order valence-electron chi connectivity index (χ3n) is 4.47. The van der Waals surface area contributed by atoms with Crippen LogP contribution in [0.5, 0.6) is 0 Å². The van der Waals surface area contributed by atoms with E-state index in [4.69, 9.17) is 0 Å². The molecule has 122 valence electrons. The van der Waals surface area contributed by atoms with Gasteiger partial charge in [0.15, 0.2) is 0 Å². The number of hydrogen-bond donors (Lipinski definition) is 0. The maximum Gasteiger partial charge on any atom is 0.132 e. The lowest BCUT2D eigenvalue weighted by Crippen LogP contribution is -2.43. The Bertz CT molecular complexity index is 651. The lowest BCUT2D eigenvalue weighted by molar-refractivity contribution is 0.201. The second-order valence-electron chi connectivity index (χ2n) is 6.23. The van der Waals surface area contributed by atoms with Crippen LogP contribution in [0.25, 0.3) is 0 Å². The normalized spacial score (nSPS) is 16.5. The lowest BCUT2D eigenvalue weighted by Gasteiger charge is -2.37. The maximum absolute atomic E-state index is 4.50. The van der Waals surface area contributed by atoms with Crippen LogP contribution in [0.4, 0.5) is 5.82 Å². The molecule has 2 aromatic heterocycles. The molecule has 0 bridgehead atoms. The highest BCUT2D eigenvalue weighted by atomic mass is 15.2. The van der Waals surface area contributed by atoms with Crippen molar-refractivity contribution in [2.75, 3.05) is 25.0 Å². The second-order valence-corrected chi connectivity index (χ2v) is 6.23. The third kappa shape index (κ3) is 4.01. The fourth-order valence-corrected chi connectivity index (χ4v) is 3.11. The van der Waals surface area contributed by atoms with Gasteiger partial charge >= 0.3 is 0 Å². The smallest absolute Gasteiger partial charge is 0.132 e. The van der Waals surface area contributed by atoms with Gasteiger partial charge in [-0.2, -0.15) is 0 Å². The number of hydrogen-bond acceptors (Lipinski definition) is 6. The number of anilines is 1. The molecule has 0 saturated carbocycles. The van der Waals surface area contributed by atoms with E-state index in [-0.39, 0.29) is 0 Å². The number of rotatable bonds is 4. The highest BCUT2D eigenvalue weighted by molar-refractivity contribution is 5.39. The predicted molar refractivity (Wildman–Crippen MR) is 90.2 cm³/mol. The zero-order chi connectivity index (χ0) is 16.2. The molecule has 1 aliphatic rings. The average molecular weight is 312 g/mol. The van der Waals surface area contributed by atoms with Gasteiger partial charge in [-0.05, 0) is 32.8 Å². The molecule has 0 aliphatic carbocycles. The largest absolute Gasteiger partial charge is 0.356 e. The molecule has 0 N–H and O–H groups in total. The van der Waals surface area contributed by atoms with E-state index in [9.17, 15) is 0 Å². The first-order valence-corrected chi connectivity index (χ1v) is 8.14. The summed E-state index contributed by atoms with van der Waals surface area (Å²) in [7, 11) is 2.13. The van der Waals surface area contributed by atoms with Crippen LogP contribution < -0.4 is 4.90 Å². The van der Waals surface area contributed by atoms with Crippen molar-refractivity contribution in [3.8, 4) is 0 Å². The summed E-state index contributed by atoms with van der Waals surface area (Å²) < 4.78 is 0. The molecule has 3 heterocycles. The zero-order valence-electron chi connectivity index (χ0n) is 14.1. The lowest BCUT2D eigenvalue weighted by atomic mass is 10.0. The SMILES string of the molecule is Cc1cc(N(C)C2CCN(Cc3ccnc(C)n3)CC2)ncn1. The molecule has 23 heavy (non-hydrogen) atoms. The van der Waals surface area contributed by atoms with Gasteiger partial charge in [-0.25, -0.2) is 19.9 Å². The minimum atomic E-state index is 0.535. The van der Waals surface area contributed by atoms with E-state index < -0.39 is 0 Å². The number of aromatic nitrogens is 4. The Morgan fingerprint density at radius 1 is 1.17 bits per heavy atom. The Labute approximate surface area is 137 Å². The molecule has 0 atom stereocenters. The van der Waals surface area contributed by atoms with Crippen molar-refractivity contribution in [1.82, 2.24) is 24.8 Å². The Balaban J connectivity index is 1.56. The Morgan fingerprint density at radius 3 is 2.65 bits per heavy atom. The molecule has 0 radical (unpaired) electrons. The molecule has 1 aliphatic heterocycles. The van der Waals surface area contributed by atoms with Crippen LogP contribution in [0, 0.1) is 13.8 Å². The second kappa shape index (κ2) is 7.00. The fourth-order valence-electron chi connectivity index (χ4n) is 3.11. The van der Waals surface area contributed by atoms with Crippen molar-refractivity contribution in [3.05, 3.63) is 41.9 Å². The van der Waals surface area contributed by atoms with Gasteiger partial charge in [0.25, 0.3) is 0 Å². The zero-order valence-corrected chi connectivity index (χ0v) is 14.1. The van der Waals surface area contributed by atoms with Crippen LogP contribution >= 0.6 is 0 Å². The summed E-state index contributed by atoms with van der Waals surface area (Å²) in [5, 5.41) is 0. The monoisotopic (exact) mass is 312 g/mol. The standard InChI is InChI=1S/C17H24N6/c1-13-10-17(20-12-19-13)22(3)16-5-8-23(9-6-16)11-15-4-7-18-14(2)21-15/h4,7,10,12,16H,5-6,8-9,11H2,1-3H3. The Morgan fingerprint density at radius 2 is 1.96 bits per heavy atom. The van der Waals surface area contributed by atoms with Crippen LogP contribution in [0.2, 0.25) is 0 Å². The fraction of sp³-hybridized carbons (Fsp3) is 0.529. The van der Waals surface area contributed by atoms with E-state index in [1.165, 1.54) is 0 Å². The number of aryl methyl sites for hydroxylation is 2. The summed E-state index contributed by atoms with van der Waals surface area (Å²) in [5.41, 5.74) is 2.12. The first-order valence-electron chi connectivity index (χ1n) is 8.14. The van der Waals surface area contributed by atoms with Gasteiger partial charge in [0, 0.05) is 50.7 Å². The molecule has 1 saturated heterocycles. The van der Waals surface area contributed by atoms with Crippen LogP contribution in [-0.2, 0) is 6.54 Å². The van der Waals surface area contributed by atoms with E-state index >= 15 is 0 Å². The summed E-state index contributed by atoms with van der Waals surface area (Å²) in [4.78, 5) is 22.0. The average Bonchev–Trinajstić information content (AvgIpc) is 2.55. The minimum Gasteiger partial charge on any atom is -0.356 e. The van der Waals surface area contributed by atoms with Crippen LogP contribution in [0.3, 0.4) is 0 Å². The number of piperidine rings is 1. The van der Waals surface area contributed by atoms with E-state index in [0.29, 0.717) is 6.04 Å². The molecule has 2 aromatic rings. The summed E-state index contributed by atoms with van der Waals surface area (Å²) in [5.74, 6) is 1.86. The molecule has 0 aromatic carbocycles. The van der Waals surface area contributed by atoms with Crippen molar-refractivity contribution in [3.63, 3.8) is 0 Å². The molecular formula is C17H24N6. The first-order chi connectivity index (χ1) is 11.1. The van der Waals surface area contributed by atoms with Gasteiger partial charge < -0.3 is 4.90 Å². The van der Waals surface area contributed by atoms with Gasteiger partial charge in [-0.3, -0.25) is 4.90 Å². The van der Waals surface area contributed by atoms with Gasteiger partial charge in [0.2, 0.25) is 0 Å². The van der Waals surface area contributed by atoms with Crippen molar-refractivity contribution in [2.24, 2.45) is 0 Å². The third-order valence-corrected chi connectivity index (χ3v) is 4.47. The molecule has 3 rings (SSSR count). The van der Waals surface area contributed by atoms with E-state index in [1.807, 2.05) is 26.1 Å². The van der Waals surface area contributed by atoms with Crippen molar-refractivity contribution < 1.29 is 0 Å². The molecule has 6 nitrogen and oxygen atoms in total. The van der Waals surface area contributed by atoms with Crippen LogP contribution in [0.1, 0.15) is 30.1 Å². The van der Waals surface area contributed by atoms with Gasteiger partial charge in [0.05, 0.1) is 5.69 Å². The van der Waals surface area contributed by atoms with Crippen molar-refractivity contribution >= 4 is 5.82 Å². The maximum atomic E-state index is 4.50. The Kier molecular flexibility index (Phi) is 4.81. The molecular weight excluding hydrogens is 288 g/mol. The summed E-state index contributed by atoms with van der Waals surface area (Å²) in [6, 6.07) is 4.60. The first kappa shape index (κ1) is 15.8. The number of nitrogens with zero attached hydrogens (tertiary/aromatic N) is 6. The summed E-state index contributed by atoms with van der Waals surface area (Å²) >= 11 is 0. The number of likely N-dealkylation sites (tertiary alicyclic amines) is 1. The van der Waals surface area contributed by atoms with E-state index in [0.717, 1.165) is 55.5 Å². The molecule has 0 amide bonds. The highest BCUT2D eigenvalue weighted by Crippen LogP contribution is 2.21. The van der Waals surface area contributed by atoms with Crippen molar-refractivity contribution in [1.29, 1.82) is 0 Å². The quantitative estimate of drug-likeness (QED) is 0.860. The van der Waals surface area contributed by atoms with Gasteiger partial charge in [-0.1, -0.05) is 0 Å². The molecule has 1 fully saturated rings. The van der Waals surface area contributed by atoms with Crippen molar-refractivity contribution in [2.45, 2.75) is 39.3 Å². The molecule has 0 spiro atoms. The Hall–Kier alpha value is -2.08. The van der Waals surface area contributed by atoms with E-state index in [1.54, 1.807) is 6.33 Å². The summed E-state index contributed by atoms with van der Waals surface area (Å²) in [6.07, 6.45) is 5.77. The van der Waals surface area contributed by atoms with Gasteiger partial charge in [0.1, 0.15) is 18.0 Å².